The molecule has 17 rings (SSSR count). The molecule has 0 atom stereocenters. The van der Waals surface area contributed by atoms with E-state index < -0.39 is 34.0 Å². The minimum Gasteiger partial charge on any atom is -0.340 e. The topological polar surface area (TPSA) is 336 Å². The average Bonchev–Trinajstić information content (AvgIpc) is 1.21. The molecule has 6 aliphatic rings. The fourth-order valence-corrected chi connectivity index (χ4v) is 15.7. The first kappa shape index (κ1) is 81.1. The smallest absolute Gasteiger partial charge is 0.280 e. The molecule has 7 N–H and O–H groups in total. The molecule has 1 saturated carbocycles. The van der Waals surface area contributed by atoms with E-state index in [4.69, 9.17) is 24.5 Å². The predicted octanol–water partition coefficient (Wildman–Crippen LogP) is 9.34. The molecule has 30 nitrogen and oxygen atoms in total. The van der Waals surface area contributed by atoms with Crippen LogP contribution in [0.1, 0.15) is 135 Å². The van der Waals surface area contributed by atoms with Gasteiger partial charge in [-0.05, 0) is 210 Å². The molecule has 0 spiro atoms. The first-order valence-corrected chi connectivity index (χ1v) is 40.8. The van der Waals surface area contributed by atoms with Gasteiger partial charge in [-0.1, -0.05) is 48.5 Å². The van der Waals surface area contributed by atoms with Gasteiger partial charge in [0.1, 0.15) is 22.3 Å². The number of pyridine rings is 3. The van der Waals surface area contributed by atoms with Crippen LogP contribution in [0.15, 0.2) is 161 Å². The zero-order valence-corrected chi connectivity index (χ0v) is 67.3. The first-order valence-electron chi connectivity index (χ1n) is 40.8. The van der Waals surface area contributed by atoms with Crippen molar-refractivity contribution < 1.29 is 33.7 Å². The van der Waals surface area contributed by atoms with E-state index in [-0.39, 0.29) is 45.5 Å². The highest BCUT2D eigenvalue weighted by molar-refractivity contribution is 5.98. The second-order valence-electron chi connectivity index (χ2n) is 31.0. The predicted molar refractivity (Wildman–Crippen MR) is 453 cm³/mol. The molecule has 4 amide bonds. The molecule has 612 valence electrons. The van der Waals surface area contributed by atoms with Crippen molar-refractivity contribution in [2.75, 3.05) is 115 Å². The van der Waals surface area contributed by atoms with E-state index in [0.717, 1.165) is 171 Å². The number of amides is 4. The van der Waals surface area contributed by atoms with Crippen LogP contribution in [0, 0.1) is 0 Å². The normalized spacial score (nSPS) is 15.4. The average molecular weight is 1600 g/mol. The fourth-order valence-electron chi connectivity index (χ4n) is 15.7. The zero-order valence-electron chi connectivity index (χ0n) is 67.3. The molecule has 3 aliphatic carbocycles. The van der Waals surface area contributed by atoms with Crippen molar-refractivity contribution >= 4 is 91.6 Å². The lowest BCUT2D eigenvalue weighted by atomic mass is 10.1. The van der Waals surface area contributed by atoms with Crippen LogP contribution in [-0.2, 0) is 64.3 Å². The van der Waals surface area contributed by atoms with E-state index in [9.17, 15) is 33.6 Å². The van der Waals surface area contributed by atoms with Gasteiger partial charge in [0.2, 0.25) is 40.0 Å². The van der Waals surface area contributed by atoms with Crippen LogP contribution >= 0.6 is 0 Å². The number of aromatic nitrogens is 9. The lowest BCUT2D eigenvalue weighted by Gasteiger charge is -2.34. The molecule has 11 aromatic rings. The number of rotatable bonds is 25. The molecule has 0 radical (unpaired) electrons. The molecule has 3 saturated heterocycles. The Bertz CT molecular complexity index is 5680. The summed E-state index contributed by atoms with van der Waals surface area (Å²) >= 11 is 0. The minimum absolute atomic E-state index is 0.0267. The summed E-state index contributed by atoms with van der Waals surface area (Å²) in [4.78, 5) is 140. The van der Waals surface area contributed by atoms with Crippen LogP contribution in [-0.4, -0.2) is 192 Å². The van der Waals surface area contributed by atoms with Crippen molar-refractivity contribution in [1.82, 2.24) is 85.0 Å². The number of fused-ring (bicyclic) bond motifs is 5. The number of hydrogen-bond donors (Lipinski definition) is 7. The molecular weight excluding hydrogens is 1500 g/mol. The molecule has 0 unspecified atom stereocenters. The molecule has 4 fully saturated rings. The van der Waals surface area contributed by atoms with Crippen LogP contribution in [0.2, 0.25) is 0 Å². The maximum Gasteiger partial charge on any atom is 0.280 e. The number of likely N-dealkylation sites (tertiary alicyclic amines) is 1. The van der Waals surface area contributed by atoms with Gasteiger partial charge in [0.15, 0.2) is 11.3 Å². The summed E-state index contributed by atoms with van der Waals surface area (Å²) in [6.45, 7) is 18.4. The van der Waals surface area contributed by atoms with Crippen molar-refractivity contribution in [1.29, 1.82) is 0 Å². The van der Waals surface area contributed by atoms with Crippen molar-refractivity contribution in [2.24, 2.45) is 0 Å². The van der Waals surface area contributed by atoms with Gasteiger partial charge in [-0.25, -0.2) is 31.4 Å². The quantitative estimate of drug-likeness (QED) is 0.0262. The number of carbonyl (C=O) groups excluding carboxylic acids is 4. The van der Waals surface area contributed by atoms with Crippen LogP contribution in [0.5, 0.6) is 0 Å². The number of benzene rings is 5. The highest BCUT2D eigenvalue weighted by Crippen LogP contribution is 2.37. The van der Waals surface area contributed by atoms with Gasteiger partial charge < -0.3 is 49.7 Å². The molecule has 118 heavy (non-hydrogen) atoms. The van der Waals surface area contributed by atoms with E-state index in [1.165, 1.54) is 110 Å². The van der Waals surface area contributed by atoms with Gasteiger partial charge in [-0.15, -0.1) is 0 Å². The van der Waals surface area contributed by atoms with E-state index in [2.05, 4.69) is 133 Å². The molecule has 30 heteroatoms. The minimum atomic E-state index is -0.634. The molecule has 3 aliphatic heterocycles. The fraction of sp³-hybridized carbons (Fsp3) is 0.375. The number of nitrogens with one attached hydrogen (secondary N) is 7. The van der Waals surface area contributed by atoms with Crippen molar-refractivity contribution in [3.8, 4) is 11.4 Å². The van der Waals surface area contributed by atoms with Gasteiger partial charge in [0.25, 0.3) is 17.7 Å². The summed E-state index contributed by atoms with van der Waals surface area (Å²) in [5, 5.41) is 14.0. The van der Waals surface area contributed by atoms with E-state index >= 15 is 0 Å². The monoisotopic (exact) mass is 1600 g/mol. The summed E-state index contributed by atoms with van der Waals surface area (Å²) in [5.41, 5.74) is 20.0. The lowest BCUT2D eigenvalue weighted by Crippen LogP contribution is -2.48. The van der Waals surface area contributed by atoms with Gasteiger partial charge in [0.05, 0.1) is 36.5 Å². The Morgan fingerprint density at radius 2 is 0.847 bits per heavy atom. The summed E-state index contributed by atoms with van der Waals surface area (Å²) < 4.78 is 5.47. The number of hydrogen-bond acceptors (Lipinski definition) is 23. The Morgan fingerprint density at radius 1 is 0.458 bits per heavy atom. The molecule has 9 heterocycles. The SMILES string of the molecule is CC(C)ONC(=O)c1cn(C2CC2)c2nc(Nc3ccc(CCN4CCCC4)cc3)ncc2c1=O.CONC(=O)c1cn(-c2ccc3c(c2)CCC3)c2nc(Nc3ccc(CCN4CCN(C(C)=O)CC4)cc3)ncc2c1=O.CONC(=O)c1cn(-c2ccc3c(c2)CCC3)c2nc(Nc3ccc(CCN4CCNCC4)cc3)ncc2c1=O. The number of nitrogens with zero attached hydrogens (tertiary/aromatic N) is 13. The van der Waals surface area contributed by atoms with Crippen molar-refractivity contribution in [2.45, 2.75) is 116 Å². The van der Waals surface area contributed by atoms with Crippen LogP contribution in [0.4, 0.5) is 34.9 Å². The lowest BCUT2D eigenvalue weighted by molar-refractivity contribution is -0.130. The Balaban J connectivity index is 0.000000139. The third-order valence-electron chi connectivity index (χ3n) is 22.4. The van der Waals surface area contributed by atoms with E-state index in [1.54, 1.807) is 36.1 Å². The molecule has 0 bridgehead atoms. The van der Waals surface area contributed by atoms with Crippen LogP contribution in [0.3, 0.4) is 0 Å². The first-order chi connectivity index (χ1) is 57.4. The van der Waals surface area contributed by atoms with Gasteiger partial charge in [-0.2, -0.15) is 15.0 Å². The van der Waals surface area contributed by atoms with Crippen molar-refractivity contribution in [3.05, 3.63) is 233 Å². The Morgan fingerprint density at radius 3 is 1.26 bits per heavy atom. The standard InChI is InChI=1S/C32H35N7O4.C30H33N7O3.C26H32N6O3/c1-21(40)38-16-14-37(15-17-38)13-12-22-6-9-25(10-7-22)34-32-33-19-27-29(41)28(31(42)36-43-2)20-39(30(27)35-32)26-11-8-23-4-3-5-24(23)18-26;1-40-35-29(39)26-19-37(24-10-7-21-3-2-4-22(21)17-24)28-25(27(26)38)18-32-30(34-28)33-23-8-5-20(6-9-23)11-14-36-15-12-31-13-16-36;1-17(2)35-30-25(34)22-16-32(20-9-10-20)24-21(23(22)33)15-27-26(29-24)28-19-7-5-18(6-8-19)11-14-31-12-3-4-13-31/h6-11,18-20H,3-5,12-17H2,1-2H3,(H,36,42)(H,33,34,35);5-10,17-19,31H,2-4,11-16H2,1H3,(H,35,39)(H,32,33,34);5-8,15-17,20H,3-4,9-14H2,1-2H3,(H,30,34)(H,27,28,29). The number of aryl methyl sites for hydroxylation is 4. The molecule has 5 aromatic carbocycles. The molecule has 6 aromatic heterocycles. The van der Waals surface area contributed by atoms with E-state index in [1.807, 2.05) is 58.0 Å². The number of carbonyl (C=O) groups is 4. The zero-order chi connectivity index (χ0) is 81.8. The van der Waals surface area contributed by atoms with Crippen LogP contribution < -0.4 is 54.0 Å². The summed E-state index contributed by atoms with van der Waals surface area (Å²) in [5.74, 6) is -0.558. The highest BCUT2D eigenvalue weighted by Gasteiger charge is 2.30. The number of hydroxylamine groups is 3. The number of piperazine rings is 2. The Labute approximate surface area is 682 Å². The number of anilines is 6. The third-order valence-corrected chi connectivity index (χ3v) is 22.4. The van der Waals surface area contributed by atoms with Gasteiger partial charge in [-0.3, -0.25) is 53.0 Å². The summed E-state index contributed by atoms with van der Waals surface area (Å²) in [6, 6.07) is 37.4. The highest BCUT2D eigenvalue weighted by atomic mass is 16.7. The second-order valence-corrected chi connectivity index (χ2v) is 31.0. The second kappa shape index (κ2) is 37.5. The third kappa shape index (κ3) is 19.6. The molecular formula is C88H100N20O10. The Kier molecular flexibility index (Phi) is 25.8. The van der Waals surface area contributed by atoms with E-state index in [0.29, 0.717) is 40.2 Å². The Hall–Kier alpha value is -12.0. The van der Waals surface area contributed by atoms with Gasteiger partial charge >= 0.3 is 0 Å². The van der Waals surface area contributed by atoms with Crippen molar-refractivity contribution in [3.63, 3.8) is 0 Å². The maximum absolute atomic E-state index is 13.3. The summed E-state index contributed by atoms with van der Waals surface area (Å²) in [7, 11) is 2.66. The van der Waals surface area contributed by atoms with Gasteiger partial charge in [0, 0.05) is 151 Å². The summed E-state index contributed by atoms with van der Waals surface area (Å²) in [6.07, 6.45) is 22.7. The van der Waals surface area contributed by atoms with Crippen LogP contribution in [0.25, 0.3) is 44.5 Å². The largest absolute Gasteiger partial charge is 0.340 e. The maximum atomic E-state index is 13.3.